The van der Waals surface area contributed by atoms with Crippen LogP contribution in [0.2, 0.25) is 0 Å². The van der Waals surface area contributed by atoms with Crippen LogP contribution in [-0.2, 0) is 17.6 Å². The average molecular weight is 348 g/mol. The molecule has 3 aromatic rings. The van der Waals surface area contributed by atoms with Crippen LogP contribution in [0.5, 0.6) is 0 Å². The summed E-state index contributed by atoms with van der Waals surface area (Å²) in [7, 11) is 0. The van der Waals surface area contributed by atoms with Gasteiger partial charge in [-0.05, 0) is 57.7 Å². The van der Waals surface area contributed by atoms with E-state index >= 15 is 0 Å². The second-order valence-corrected chi connectivity index (χ2v) is 7.26. The van der Waals surface area contributed by atoms with E-state index in [1.807, 2.05) is 47.5 Å². The number of hydrogen-bond acceptors (Lipinski definition) is 3. The second-order valence-electron chi connectivity index (χ2n) is 7.26. The maximum Gasteiger partial charge on any atom is 0.227 e. The molecule has 4 rings (SSSR count). The van der Waals surface area contributed by atoms with Gasteiger partial charge in [-0.25, -0.2) is 9.50 Å². The summed E-state index contributed by atoms with van der Waals surface area (Å²) in [5, 5.41) is 4.52. The van der Waals surface area contributed by atoms with Crippen molar-refractivity contribution in [3.8, 4) is 0 Å². The first-order valence-electron chi connectivity index (χ1n) is 9.18. The van der Waals surface area contributed by atoms with Crippen molar-refractivity contribution in [1.29, 1.82) is 0 Å². The number of anilines is 1. The van der Waals surface area contributed by atoms with E-state index in [1.165, 1.54) is 5.56 Å². The highest BCUT2D eigenvalue weighted by atomic mass is 16.2. The zero-order valence-corrected chi connectivity index (χ0v) is 15.8. The molecule has 0 spiro atoms. The standard InChI is InChI=1S/C21H24N4O/c1-13-11-20-22-15(3)18(16(4)25(20)23-13)9-10-21(26)24-14(2)12-17-7-5-6-8-19(17)24/h5-8,11,14H,9-10,12H2,1-4H3/t14-/m1/s1. The van der Waals surface area contributed by atoms with Gasteiger partial charge in [0.1, 0.15) is 0 Å². The van der Waals surface area contributed by atoms with Gasteiger partial charge in [0.15, 0.2) is 5.65 Å². The zero-order chi connectivity index (χ0) is 18.4. The molecule has 1 aromatic carbocycles. The predicted molar refractivity (Wildman–Crippen MR) is 103 cm³/mol. The van der Waals surface area contributed by atoms with Crippen molar-refractivity contribution in [3.05, 3.63) is 58.5 Å². The van der Waals surface area contributed by atoms with Crippen LogP contribution in [0.4, 0.5) is 5.69 Å². The molecule has 0 bridgehead atoms. The van der Waals surface area contributed by atoms with Gasteiger partial charge in [0, 0.05) is 35.6 Å². The van der Waals surface area contributed by atoms with Crippen LogP contribution in [0.15, 0.2) is 30.3 Å². The van der Waals surface area contributed by atoms with Crippen LogP contribution in [0.25, 0.3) is 5.65 Å². The van der Waals surface area contributed by atoms with Gasteiger partial charge in [-0.2, -0.15) is 5.10 Å². The molecule has 1 aliphatic rings. The number of carbonyl (C=O) groups excluding carboxylic acids is 1. The first-order chi connectivity index (χ1) is 12.5. The molecule has 5 nitrogen and oxygen atoms in total. The minimum atomic E-state index is 0.179. The minimum absolute atomic E-state index is 0.179. The Hall–Kier alpha value is -2.69. The fourth-order valence-electron chi connectivity index (χ4n) is 4.10. The highest BCUT2D eigenvalue weighted by Crippen LogP contribution is 2.32. The number of para-hydroxylation sites is 1. The van der Waals surface area contributed by atoms with Crippen LogP contribution in [0, 0.1) is 20.8 Å². The summed E-state index contributed by atoms with van der Waals surface area (Å²) < 4.78 is 1.88. The van der Waals surface area contributed by atoms with E-state index in [1.54, 1.807) is 0 Å². The van der Waals surface area contributed by atoms with Gasteiger partial charge >= 0.3 is 0 Å². The monoisotopic (exact) mass is 348 g/mol. The molecule has 1 amide bonds. The molecule has 134 valence electrons. The second kappa shape index (κ2) is 6.24. The van der Waals surface area contributed by atoms with Crippen molar-refractivity contribution in [2.45, 2.75) is 53.0 Å². The minimum Gasteiger partial charge on any atom is -0.309 e. The summed E-state index contributed by atoms with van der Waals surface area (Å²) in [5.41, 5.74) is 7.32. The number of aromatic nitrogens is 3. The highest BCUT2D eigenvalue weighted by Gasteiger charge is 2.30. The van der Waals surface area contributed by atoms with E-state index in [4.69, 9.17) is 0 Å². The first-order valence-corrected chi connectivity index (χ1v) is 9.18. The number of amides is 1. The SMILES string of the molecule is Cc1cc2nc(C)c(CCC(=O)N3c4ccccc4C[C@H]3C)c(C)n2n1. The lowest BCUT2D eigenvalue weighted by Crippen LogP contribution is -2.35. The molecule has 0 fully saturated rings. The lowest BCUT2D eigenvalue weighted by atomic mass is 10.1. The number of hydrogen-bond donors (Lipinski definition) is 0. The molecule has 2 aromatic heterocycles. The lowest BCUT2D eigenvalue weighted by molar-refractivity contribution is -0.118. The van der Waals surface area contributed by atoms with Crippen LogP contribution < -0.4 is 4.90 Å². The summed E-state index contributed by atoms with van der Waals surface area (Å²) in [6.07, 6.45) is 2.09. The van der Waals surface area contributed by atoms with Crippen LogP contribution in [0.1, 0.15) is 41.6 Å². The van der Waals surface area contributed by atoms with Crippen molar-refractivity contribution in [1.82, 2.24) is 14.6 Å². The molecule has 1 atom stereocenters. The Morgan fingerprint density at radius 1 is 1.23 bits per heavy atom. The molecule has 26 heavy (non-hydrogen) atoms. The van der Waals surface area contributed by atoms with E-state index < -0.39 is 0 Å². The van der Waals surface area contributed by atoms with Gasteiger partial charge < -0.3 is 4.90 Å². The van der Waals surface area contributed by atoms with E-state index in [2.05, 4.69) is 30.0 Å². The van der Waals surface area contributed by atoms with E-state index in [9.17, 15) is 4.79 Å². The zero-order valence-electron chi connectivity index (χ0n) is 15.8. The molecular weight excluding hydrogens is 324 g/mol. The molecular formula is C21H24N4O. The fourth-order valence-corrected chi connectivity index (χ4v) is 4.10. The Morgan fingerprint density at radius 2 is 2.00 bits per heavy atom. The number of fused-ring (bicyclic) bond motifs is 2. The third kappa shape index (κ3) is 2.68. The van der Waals surface area contributed by atoms with Gasteiger partial charge in [-0.1, -0.05) is 18.2 Å². The van der Waals surface area contributed by atoms with Crippen molar-refractivity contribution in [2.24, 2.45) is 0 Å². The highest BCUT2D eigenvalue weighted by molar-refractivity contribution is 5.96. The Bertz CT molecular complexity index is 1000. The Labute approximate surface area is 153 Å². The maximum absolute atomic E-state index is 13.0. The molecule has 0 N–H and O–H groups in total. The molecule has 0 aliphatic carbocycles. The third-order valence-corrected chi connectivity index (χ3v) is 5.35. The summed E-state index contributed by atoms with van der Waals surface area (Å²) in [6.45, 7) is 8.16. The van der Waals surface area contributed by atoms with Gasteiger partial charge in [0.25, 0.3) is 0 Å². The van der Waals surface area contributed by atoms with E-state index in [0.29, 0.717) is 12.8 Å². The van der Waals surface area contributed by atoms with Crippen molar-refractivity contribution < 1.29 is 4.79 Å². The molecule has 0 unspecified atom stereocenters. The Balaban J connectivity index is 1.58. The number of aryl methyl sites for hydroxylation is 3. The molecule has 0 saturated heterocycles. The summed E-state index contributed by atoms with van der Waals surface area (Å²) in [6, 6.07) is 10.4. The number of rotatable bonds is 3. The Kier molecular flexibility index (Phi) is 4.02. The molecule has 0 radical (unpaired) electrons. The number of benzene rings is 1. The van der Waals surface area contributed by atoms with Crippen molar-refractivity contribution >= 4 is 17.2 Å². The first kappa shape index (κ1) is 16.8. The normalized spacial score (nSPS) is 16.3. The fraction of sp³-hybridized carbons (Fsp3) is 0.381. The molecule has 5 heteroatoms. The average Bonchev–Trinajstić information content (AvgIpc) is 3.13. The maximum atomic E-state index is 13.0. The van der Waals surface area contributed by atoms with Crippen molar-refractivity contribution in [2.75, 3.05) is 4.90 Å². The topological polar surface area (TPSA) is 50.5 Å². The largest absolute Gasteiger partial charge is 0.309 e. The summed E-state index contributed by atoms with van der Waals surface area (Å²) >= 11 is 0. The predicted octanol–water partition coefficient (Wildman–Crippen LogP) is 3.56. The van der Waals surface area contributed by atoms with Gasteiger partial charge in [0.05, 0.1) is 5.69 Å². The lowest BCUT2D eigenvalue weighted by Gasteiger charge is -2.23. The van der Waals surface area contributed by atoms with Crippen LogP contribution >= 0.6 is 0 Å². The van der Waals surface area contributed by atoms with E-state index in [-0.39, 0.29) is 11.9 Å². The number of nitrogens with zero attached hydrogens (tertiary/aromatic N) is 4. The molecule has 0 saturated carbocycles. The quantitative estimate of drug-likeness (QED) is 0.727. The summed E-state index contributed by atoms with van der Waals surface area (Å²) in [5.74, 6) is 0.179. The van der Waals surface area contributed by atoms with E-state index in [0.717, 1.165) is 40.4 Å². The van der Waals surface area contributed by atoms with Gasteiger partial charge in [-0.3, -0.25) is 4.79 Å². The van der Waals surface area contributed by atoms with Crippen molar-refractivity contribution in [3.63, 3.8) is 0 Å². The van der Waals surface area contributed by atoms with Gasteiger partial charge in [0.2, 0.25) is 5.91 Å². The Morgan fingerprint density at radius 3 is 2.81 bits per heavy atom. The van der Waals surface area contributed by atoms with Gasteiger partial charge in [-0.15, -0.1) is 0 Å². The molecule has 3 heterocycles. The number of carbonyl (C=O) groups is 1. The van der Waals surface area contributed by atoms with Crippen LogP contribution in [-0.4, -0.2) is 26.5 Å². The summed E-state index contributed by atoms with van der Waals surface area (Å²) in [4.78, 5) is 19.6. The molecule has 1 aliphatic heterocycles. The smallest absolute Gasteiger partial charge is 0.227 e. The third-order valence-electron chi connectivity index (χ3n) is 5.35. The van der Waals surface area contributed by atoms with Crippen LogP contribution in [0.3, 0.4) is 0 Å².